The Morgan fingerprint density at radius 2 is 2.29 bits per heavy atom. The molecule has 0 atom stereocenters. The summed E-state index contributed by atoms with van der Waals surface area (Å²) < 4.78 is 0. The monoisotopic (exact) mass is 184 g/mol. The van der Waals surface area contributed by atoms with E-state index in [9.17, 15) is 0 Å². The molecule has 0 radical (unpaired) electrons. The minimum absolute atomic E-state index is 0.673. The first-order chi connectivity index (χ1) is 6.86. The lowest BCUT2D eigenvalue weighted by Crippen LogP contribution is -2.00. The van der Waals surface area contributed by atoms with Crippen molar-refractivity contribution in [1.82, 2.24) is 0 Å². The molecule has 0 spiro atoms. The van der Waals surface area contributed by atoms with E-state index in [1.165, 1.54) is 0 Å². The van der Waals surface area contributed by atoms with Crippen molar-refractivity contribution in [2.45, 2.75) is 12.8 Å². The molecule has 0 unspecified atom stereocenters. The summed E-state index contributed by atoms with van der Waals surface area (Å²) >= 11 is 0. The average molecular weight is 184 g/mol. The minimum Gasteiger partial charge on any atom is -0.385 e. The first kappa shape index (κ1) is 10.2. The van der Waals surface area contributed by atoms with Crippen molar-refractivity contribution in [1.29, 1.82) is 5.26 Å². The SMILES string of the molecule is C#CCCCNc1cccc(C#N)c1. The standard InChI is InChI=1S/C12H12N2/c1-2-3-4-8-14-12-7-5-6-11(9-12)10-13/h1,5-7,9,14H,3-4,8H2. The largest absolute Gasteiger partial charge is 0.385 e. The van der Waals surface area contributed by atoms with Crippen LogP contribution >= 0.6 is 0 Å². The Kier molecular flexibility index (Phi) is 4.11. The van der Waals surface area contributed by atoms with Gasteiger partial charge in [0.2, 0.25) is 0 Å². The van der Waals surface area contributed by atoms with Gasteiger partial charge >= 0.3 is 0 Å². The van der Waals surface area contributed by atoms with Crippen LogP contribution < -0.4 is 5.32 Å². The van der Waals surface area contributed by atoms with Crippen molar-refractivity contribution in [3.8, 4) is 18.4 Å². The van der Waals surface area contributed by atoms with E-state index in [1.54, 1.807) is 6.07 Å². The van der Waals surface area contributed by atoms with Crippen LogP contribution in [-0.4, -0.2) is 6.54 Å². The highest BCUT2D eigenvalue weighted by molar-refractivity contribution is 5.48. The molecule has 14 heavy (non-hydrogen) atoms. The highest BCUT2D eigenvalue weighted by Gasteiger charge is 1.93. The van der Waals surface area contributed by atoms with Crippen molar-refractivity contribution in [2.24, 2.45) is 0 Å². The number of rotatable bonds is 4. The number of benzene rings is 1. The molecule has 1 aromatic rings. The van der Waals surface area contributed by atoms with Crippen molar-refractivity contribution < 1.29 is 0 Å². The van der Waals surface area contributed by atoms with Crippen LogP contribution in [0.5, 0.6) is 0 Å². The third-order valence-corrected chi connectivity index (χ3v) is 1.82. The van der Waals surface area contributed by atoms with E-state index in [1.807, 2.05) is 18.2 Å². The molecular formula is C12H12N2. The van der Waals surface area contributed by atoms with Crippen molar-refractivity contribution in [3.63, 3.8) is 0 Å². The summed E-state index contributed by atoms with van der Waals surface area (Å²) in [6.07, 6.45) is 6.87. The second-order valence-electron chi connectivity index (χ2n) is 2.93. The lowest BCUT2D eigenvalue weighted by atomic mass is 10.2. The molecule has 0 saturated heterocycles. The number of nitrogens with one attached hydrogen (secondary N) is 1. The van der Waals surface area contributed by atoms with E-state index in [0.29, 0.717) is 5.56 Å². The number of unbranched alkanes of at least 4 members (excludes halogenated alkanes) is 1. The molecule has 0 amide bonds. The average Bonchev–Trinajstić information content (AvgIpc) is 2.25. The zero-order valence-corrected chi connectivity index (χ0v) is 7.96. The fourth-order valence-electron chi connectivity index (χ4n) is 1.12. The van der Waals surface area contributed by atoms with Gasteiger partial charge in [-0.3, -0.25) is 0 Å². The van der Waals surface area contributed by atoms with E-state index in [-0.39, 0.29) is 0 Å². The topological polar surface area (TPSA) is 35.8 Å². The van der Waals surface area contributed by atoms with Crippen LogP contribution in [0.15, 0.2) is 24.3 Å². The van der Waals surface area contributed by atoms with Gasteiger partial charge in [-0.25, -0.2) is 0 Å². The molecule has 2 heteroatoms. The van der Waals surface area contributed by atoms with Gasteiger partial charge in [0.25, 0.3) is 0 Å². The summed E-state index contributed by atoms with van der Waals surface area (Å²) in [7, 11) is 0. The Hall–Kier alpha value is -1.93. The maximum atomic E-state index is 8.67. The number of hydrogen-bond acceptors (Lipinski definition) is 2. The van der Waals surface area contributed by atoms with Crippen molar-refractivity contribution in [2.75, 3.05) is 11.9 Å². The normalized spacial score (nSPS) is 8.71. The van der Waals surface area contributed by atoms with E-state index >= 15 is 0 Å². The molecule has 1 N–H and O–H groups in total. The minimum atomic E-state index is 0.673. The third kappa shape index (κ3) is 3.21. The molecule has 0 aliphatic heterocycles. The van der Waals surface area contributed by atoms with Gasteiger partial charge in [0.15, 0.2) is 0 Å². The van der Waals surface area contributed by atoms with Gasteiger partial charge < -0.3 is 5.32 Å². The molecular weight excluding hydrogens is 172 g/mol. The van der Waals surface area contributed by atoms with Crippen LogP contribution in [-0.2, 0) is 0 Å². The van der Waals surface area contributed by atoms with Crippen LogP contribution in [0.25, 0.3) is 0 Å². The second kappa shape index (κ2) is 5.67. The number of hydrogen-bond donors (Lipinski definition) is 1. The predicted octanol–water partition coefficient (Wildman–Crippen LogP) is 2.38. The summed E-state index contributed by atoms with van der Waals surface area (Å²) in [5.74, 6) is 2.58. The molecule has 0 bridgehead atoms. The summed E-state index contributed by atoms with van der Waals surface area (Å²) in [5.41, 5.74) is 1.65. The van der Waals surface area contributed by atoms with Crippen LogP contribution in [0.4, 0.5) is 5.69 Å². The van der Waals surface area contributed by atoms with Crippen LogP contribution in [0.1, 0.15) is 18.4 Å². The van der Waals surface area contributed by atoms with Gasteiger partial charge in [-0.2, -0.15) is 5.26 Å². The highest BCUT2D eigenvalue weighted by atomic mass is 14.9. The first-order valence-corrected chi connectivity index (χ1v) is 4.54. The Morgan fingerprint density at radius 3 is 3.00 bits per heavy atom. The first-order valence-electron chi connectivity index (χ1n) is 4.54. The summed E-state index contributed by atoms with van der Waals surface area (Å²) in [4.78, 5) is 0. The van der Waals surface area contributed by atoms with Crippen LogP contribution in [0, 0.1) is 23.7 Å². The molecule has 1 rings (SSSR count). The Bertz CT molecular complexity index is 369. The quantitative estimate of drug-likeness (QED) is 0.576. The maximum Gasteiger partial charge on any atom is 0.0992 e. The molecule has 0 saturated carbocycles. The molecule has 0 aliphatic rings. The summed E-state index contributed by atoms with van der Waals surface area (Å²) in [6.45, 7) is 0.846. The Balaban J connectivity index is 2.44. The van der Waals surface area contributed by atoms with Crippen LogP contribution in [0.2, 0.25) is 0 Å². The summed E-state index contributed by atoms with van der Waals surface area (Å²) in [6, 6.07) is 9.51. The lowest BCUT2D eigenvalue weighted by molar-refractivity contribution is 0.907. The highest BCUT2D eigenvalue weighted by Crippen LogP contribution is 2.09. The number of nitriles is 1. The zero-order valence-electron chi connectivity index (χ0n) is 7.96. The van der Waals surface area contributed by atoms with Gasteiger partial charge in [0.05, 0.1) is 11.6 Å². The van der Waals surface area contributed by atoms with Crippen LogP contribution in [0.3, 0.4) is 0 Å². The van der Waals surface area contributed by atoms with E-state index in [0.717, 1.165) is 25.1 Å². The molecule has 2 nitrogen and oxygen atoms in total. The zero-order chi connectivity index (χ0) is 10.2. The fourth-order valence-corrected chi connectivity index (χ4v) is 1.12. The van der Waals surface area contributed by atoms with Gasteiger partial charge in [-0.15, -0.1) is 12.3 Å². The summed E-state index contributed by atoms with van der Waals surface area (Å²) in [5, 5.41) is 11.9. The van der Waals surface area contributed by atoms with Gasteiger partial charge in [0, 0.05) is 18.7 Å². The molecule has 1 aromatic carbocycles. The van der Waals surface area contributed by atoms with E-state index < -0.39 is 0 Å². The Morgan fingerprint density at radius 1 is 1.43 bits per heavy atom. The molecule has 0 aromatic heterocycles. The van der Waals surface area contributed by atoms with Gasteiger partial charge in [-0.1, -0.05) is 6.07 Å². The Labute approximate surface area is 84.6 Å². The van der Waals surface area contributed by atoms with Crippen molar-refractivity contribution in [3.05, 3.63) is 29.8 Å². The lowest BCUT2D eigenvalue weighted by Gasteiger charge is -2.04. The molecule has 0 fully saturated rings. The van der Waals surface area contributed by atoms with Gasteiger partial charge in [0.1, 0.15) is 0 Å². The molecule has 0 heterocycles. The predicted molar refractivity (Wildman–Crippen MR) is 57.7 cm³/mol. The second-order valence-corrected chi connectivity index (χ2v) is 2.93. The third-order valence-electron chi connectivity index (χ3n) is 1.82. The number of anilines is 1. The number of nitrogens with zero attached hydrogens (tertiary/aromatic N) is 1. The maximum absolute atomic E-state index is 8.67. The fraction of sp³-hybridized carbons (Fsp3) is 0.250. The van der Waals surface area contributed by atoms with Crippen molar-refractivity contribution >= 4 is 5.69 Å². The molecule has 70 valence electrons. The van der Waals surface area contributed by atoms with E-state index in [2.05, 4.69) is 17.3 Å². The van der Waals surface area contributed by atoms with E-state index in [4.69, 9.17) is 11.7 Å². The molecule has 0 aliphatic carbocycles. The number of terminal acetylenes is 1. The van der Waals surface area contributed by atoms with Gasteiger partial charge in [-0.05, 0) is 24.6 Å². The smallest absolute Gasteiger partial charge is 0.0992 e.